The lowest BCUT2D eigenvalue weighted by molar-refractivity contribution is -0.131. The summed E-state index contributed by atoms with van der Waals surface area (Å²) in [5, 5.41) is 0. The number of likely N-dealkylation sites (tertiary alicyclic amines) is 1. The predicted octanol–water partition coefficient (Wildman–Crippen LogP) is 3.29. The predicted molar refractivity (Wildman–Crippen MR) is 118 cm³/mol. The first-order valence-corrected chi connectivity index (χ1v) is 11.5. The van der Waals surface area contributed by atoms with Crippen LogP contribution in [-0.2, 0) is 17.8 Å². The fourth-order valence-corrected chi connectivity index (χ4v) is 5.23. The zero-order valence-corrected chi connectivity index (χ0v) is 18.4. The number of pyridine rings is 1. The standard InChI is InChI=1S/C25H28FN3O3/c1-2-21(30)27-13-8-20-17(14-27)15-29(19-6-4-18(26)5-7-19)24(32)22(20)23(31)28-12-3-9-25(16-28)10-11-25/h4-7,15H,2-3,8-14,16H2,1H3. The highest BCUT2D eigenvalue weighted by molar-refractivity contribution is 5.96. The third-order valence-electron chi connectivity index (χ3n) is 7.28. The van der Waals surface area contributed by atoms with Crippen molar-refractivity contribution >= 4 is 11.8 Å². The number of piperidine rings is 1. The molecule has 0 radical (unpaired) electrons. The first-order chi connectivity index (χ1) is 15.4. The highest BCUT2D eigenvalue weighted by Gasteiger charge is 2.47. The van der Waals surface area contributed by atoms with Crippen molar-refractivity contribution < 1.29 is 14.0 Å². The zero-order valence-electron chi connectivity index (χ0n) is 18.4. The molecule has 6 nitrogen and oxygen atoms in total. The second-order valence-electron chi connectivity index (χ2n) is 9.41. The third-order valence-corrected chi connectivity index (χ3v) is 7.28. The number of amides is 2. The summed E-state index contributed by atoms with van der Waals surface area (Å²) in [7, 11) is 0. The van der Waals surface area contributed by atoms with Gasteiger partial charge in [0.2, 0.25) is 5.91 Å². The van der Waals surface area contributed by atoms with Gasteiger partial charge in [-0.05, 0) is 72.9 Å². The Labute approximate surface area is 186 Å². The largest absolute Gasteiger partial charge is 0.338 e. The molecule has 0 N–H and O–H groups in total. The molecule has 1 saturated heterocycles. The molecule has 3 aliphatic rings. The van der Waals surface area contributed by atoms with Gasteiger partial charge in [-0.1, -0.05) is 6.92 Å². The summed E-state index contributed by atoms with van der Waals surface area (Å²) in [6, 6.07) is 5.68. The van der Waals surface area contributed by atoms with E-state index in [2.05, 4.69) is 0 Å². The average Bonchev–Trinajstić information content (AvgIpc) is 3.56. The van der Waals surface area contributed by atoms with Crippen LogP contribution in [-0.4, -0.2) is 45.8 Å². The van der Waals surface area contributed by atoms with Crippen molar-refractivity contribution in [3.8, 4) is 5.69 Å². The van der Waals surface area contributed by atoms with Crippen LogP contribution in [0.15, 0.2) is 35.3 Å². The van der Waals surface area contributed by atoms with Gasteiger partial charge in [0.15, 0.2) is 0 Å². The molecule has 2 amide bonds. The Hall–Kier alpha value is -2.96. The van der Waals surface area contributed by atoms with E-state index < -0.39 is 0 Å². The van der Waals surface area contributed by atoms with E-state index in [0.29, 0.717) is 44.7 Å². The fraction of sp³-hybridized carbons (Fsp3) is 0.480. The number of nitrogens with zero attached hydrogens (tertiary/aromatic N) is 3. The molecule has 0 unspecified atom stereocenters. The second kappa shape index (κ2) is 7.87. The normalized spacial score (nSPS) is 19.1. The van der Waals surface area contributed by atoms with E-state index in [1.165, 1.54) is 28.8 Å². The smallest absolute Gasteiger partial charge is 0.268 e. The van der Waals surface area contributed by atoms with Crippen molar-refractivity contribution in [2.75, 3.05) is 19.6 Å². The van der Waals surface area contributed by atoms with Crippen LogP contribution in [0, 0.1) is 11.2 Å². The molecule has 5 rings (SSSR count). The van der Waals surface area contributed by atoms with Crippen molar-refractivity contribution in [1.29, 1.82) is 0 Å². The minimum atomic E-state index is -0.390. The molecule has 7 heteroatoms. The van der Waals surface area contributed by atoms with Crippen molar-refractivity contribution in [3.05, 3.63) is 63.3 Å². The monoisotopic (exact) mass is 437 g/mol. The number of rotatable bonds is 3. The molecular formula is C25H28FN3O3. The van der Waals surface area contributed by atoms with Gasteiger partial charge in [-0.3, -0.25) is 19.0 Å². The number of hydrogen-bond donors (Lipinski definition) is 0. The number of fused-ring (bicyclic) bond motifs is 1. The number of aromatic nitrogens is 1. The summed E-state index contributed by atoms with van der Waals surface area (Å²) in [6.07, 6.45) is 7.03. The van der Waals surface area contributed by atoms with Crippen molar-refractivity contribution in [2.24, 2.45) is 5.41 Å². The number of benzene rings is 1. The number of halogens is 1. The quantitative estimate of drug-likeness (QED) is 0.740. The minimum absolute atomic E-state index is 0.0507. The van der Waals surface area contributed by atoms with Crippen molar-refractivity contribution in [1.82, 2.24) is 14.4 Å². The van der Waals surface area contributed by atoms with Crippen LogP contribution >= 0.6 is 0 Å². The van der Waals surface area contributed by atoms with Gasteiger partial charge in [0.25, 0.3) is 11.5 Å². The molecule has 1 aliphatic carbocycles. The van der Waals surface area contributed by atoms with Gasteiger partial charge >= 0.3 is 0 Å². The summed E-state index contributed by atoms with van der Waals surface area (Å²) in [5.41, 5.74) is 2.17. The van der Waals surface area contributed by atoms with E-state index >= 15 is 0 Å². The first kappa shape index (κ1) is 20.9. The van der Waals surface area contributed by atoms with Crippen LogP contribution in [0.1, 0.15) is 60.5 Å². The molecule has 1 spiro atoms. The maximum absolute atomic E-state index is 13.7. The van der Waals surface area contributed by atoms with Crippen LogP contribution < -0.4 is 5.56 Å². The SMILES string of the molecule is CCC(=O)N1CCc2c(cn(-c3ccc(F)cc3)c(=O)c2C(=O)N2CCCC3(CC3)C2)C1. The molecule has 168 valence electrons. The van der Waals surface area contributed by atoms with Crippen LogP contribution in [0.3, 0.4) is 0 Å². The van der Waals surface area contributed by atoms with E-state index in [4.69, 9.17) is 0 Å². The van der Waals surface area contributed by atoms with Gasteiger partial charge in [0.05, 0.1) is 0 Å². The minimum Gasteiger partial charge on any atom is -0.338 e. The summed E-state index contributed by atoms with van der Waals surface area (Å²) in [5.74, 6) is -0.544. The molecule has 2 aliphatic heterocycles. The van der Waals surface area contributed by atoms with Crippen molar-refractivity contribution in [2.45, 2.75) is 52.0 Å². The summed E-state index contributed by atoms with van der Waals surface area (Å²) < 4.78 is 14.9. The zero-order chi connectivity index (χ0) is 22.5. The molecule has 1 aromatic heterocycles. The van der Waals surface area contributed by atoms with Gasteiger partial charge in [-0.25, -0.2) is 4.39 Å². The number of carbonyl (C=O) groups is 2. The summed E-state index contributed by atoms with van der Waals surface area (Å²) >= 11 is 0. The fourth-order valence-electron chi connectivity index (χ4n) is 5.23. The molecule has 1 saturated carbocycles. The van der Waals surface area contributed by atoms with Gasteiger partial charge in [-0.15, -0.1) is 0 Å². The highest BCUT2D eigenvalue weighted by Crippen LogP contribution is 2.52. The Morgan fingerprint density at radius 1 is 1.06 bits per heavy atom. The molecule has 2 aromatic rings. The molecule has 0 bridgehead atoms. The number of carbonyl (C=O) groups excluding carboxylic acids is 2. The Kier molecular flexibility index (Phi) is 5.14. The maximum Gasteiger partial charge on any atom is 0.268 e. The van der Waals surface area contributed by atoms with Crippen LogP contribution in [0.5, 0.6) is 0 Å². The Bertz CT molecular complexity index is 1130. The lowest BCUT2D eigenvalue weighted by Gasteiger charge is -2.35. The molecular weight excluding hydrogens is 409 g/mol. The number of hydrogen-bond acceptors (Lipinski definition) is 3. The topological polar surface area (TPSA) is 62.6 Å². The van der Waals surface area contributed by atoms with E-state index in [1.807, 2.05) is 11.8 Å². The molecule has 2 fully saturated rings. The van der Waals surface area contributed by atoms with Crippen LogP contribution in [0.25, 0.3) is 5.69 Å². The Morgan fingerprint density at radius 2 is 1.81 bits per heavy atom. The Balaban J connectivity index is 1.60. The second-order valence-corrected chi connectivity index (χ2v) is 9.41. The molecule has 0 atom stereocenters. The van der Waals surface area contributed by atoms with E-state index in [1.54, 1.807) is 11.1 Å². The first-order valence-electron chi connectivity index (χ1n) is 11.5. The van der Waals surface area contributed by atoms with Gasteiger partial charge < -0.3 is 9.80 Å². The van der Waals surface area contributed by atoms with Crippen LogP contribution in [0.2, 0.25) is 0 Å². The molecule has 3 heterocycles. The van der Waals surface area contributed by atoms with Gasteiger partial charge in [0.1, 0.15) is 11.4 Å². The average molecular weight is 438 g/mol. The van der Waals surface area contributed by atoms with E-state index in [9.17, 15) is 18.8 Å². The molecule has 1 aromatic carbocycles. The summed E-state index contributed by atoms with van der Waals surface area (Å²) in [6.45, 7) is 4.08. The maximum atomic E-state index is 13.7. The third kappa shape index (κ3) is 3.63. The lowest BCUT2D eigenvalue weighted by Crippen LogP contribution is -2.45. The van der Waals surface area contributed by atoms with E-state index in [-0.39, 0.29) is 34.2 Å². The summed E-state index contributed by atoms with van der Waals surface area (Å²) in [4.78, 5) is 43.2. The highest BCUT2D eigenvalue weighted by atomic mass is 19.1. The molecule has 32 heavy (non-hydrogen) atoms. The van der Waals surface area contributed by atoms with Gasteiger partial charge in [0, 0.05) is 44.5 Å². The lowest BCUT2D eigenvalue weighted by atomic mass is 9.92. The van der Waals surface area contributed by atoms with Crippen molar-refractivity contribution in [3.63, 3.8) is 0 Å². The Morgan fingerprint density at radius 3 is 2.50 bits per heavy atom. The van der Waals surface area contributed by atoms with E-state index in [0.717, 1.165) is 36.8 Å². The van der Waals surface area contributed by atoms with Gasteiger partial charge in [-0.2, -0.15) is 0 Å². The van der Waals surface area contributed by atoms with Crippen LogP contribution in [0.4, 0.5) is 4.39 Å².